The first-order valence-corrected chi connectivity index (χ1v) is 6.45. The zero-order valence-electron chi connectivity index (χ0n) is 11.5. The first-order chi connectivity index (χ1) is 8.98. The van der Waals surface area contributed by atoms with E-state index in [1.165, 1.54) is 0 Å². The normalized spacial score (nSPS) is 27.1. The highest BCUT2D eigenvalue weighted by Crippen LogP contribution is 2.26. The molecule has 0 unspecified atom stereocenters. The van der Waals surface area contributed by atoms with Crippen molar-refractivity contribution in [3.8, 4) is 0 Å². The number of hydrogen-bond acceptors (Lipinski definition) is 4. The van der Waals surface area contributed by atoms with Crippen molar-refractivity contribution in [3.63, 3.8) is 0 Å². The number of benzene rings is 1. The molecule has 0 saturated heterocycles. The quantitative estimate of drug-likeness (QED) is 0.844. The Morgan fingerprint density at radius 2 is 2.00 bits per heavy atom. The number of cyclic esters (lactones) is 1. The topological polar surface area (TPSA) is 58.9 Å². The smallest absolute Gasteiger partial charge is 0.336 e. The fourth-order valence-corrected chi connectivity index (χ4v) is 2.06. The lowest BCUT2D eigenvalue weighted by atomic mass is 9.92. The Kier molecular flexibility index (Phi) is 3.71. The van der Waals surface area contributed by atoms with E-state index in [1.807, 2.05) is 44.2 Å². The van der Waals surface area contributed by atoms with Gasteiger partial charge in [-0.2, -0.15) is 0 Å². The third-order valence-corrected chi connectivity index (χ3v) is 3.29. The summed E-state index contributed by atoms with van der Waals surface area (Å²) >= 11 is 0. The van der Waals surface area contributed by atoms with E-state index < -0.39 is 11.5 Å². The highest BCUT2D eigenvalue weighted by Gasteiger charge is 2.43. The highest BCUT2D eigenvalue weighted by atomic mass is 16.6. The molecule has 0 saturated carbocycles. The fourth-order valence-electron chi connectivity index (χ4n) is 2.06. The maximum Gasteiger partial charge on any atom is 0.336 e. The summed E-state index contributed by atoms with van der Waals surface area (Å²) in [6.45, 7) is 5.21. The Morgan fingerprint density at radius 3 is 2.53 bits per heavy atom. The molecule has 0 spiro atoms. The van der Waals surface area contributed by atoms with E-state index >= 15 is 0 Å². The van der Waals surface area contributed by atoms with Crippen LogP contribution in [0.4, 0.5) is 0 Å². The van der Waals surface area contributed by atoms with Crippen LogP contribution in [-0.4, -0.2) is 35.0 Å². The molecule has 102 valence electrons. The largest absolute Gasteiger partial charge is 0.454 e. The molecule has 2 atom stereocenters. The molecule has 1 aromatic carbocycles. The number of esters is 1. The number of carbonyl (C=O) groups is 1. The van der Waals surface area contributed by atoms with Gasteiger partial charge in [-0.3, -0.25) is 4.99 Å². The van der Waals surface area contributed by atoms with Crippen molar-refractivity contribution in [2.24, 2.45) is 10.9 Å². The third kappa shape index (κ3) is 2.54. The second-order valence-electron chi connectivity index (χ2n) is 5.36. The average Bonchev–Trinajstić information content (AvgIpc) is 2.42. The van der Waals surface area contributed by atoms with Crippen LogP contribution in [0.5, 0.6) is 0 Å². The van der Waals surface area contributed by atoms with Crippen LogP contribution in [0, 0.1) is 5.92 Å². The molecule has 0 radical (unpaired) electrons. The van der Waals surface area contributed by atoms with Crippen LogP contribution in [0.15, 0.2) is 35.3 Å². The minimum atomic E-state index is -1.20. The molecular formula is C15H19NO3. The number of carbonyl (C=O) groups excluding carboxylic acids is 1. The van der Waals surface area contributed by atoms with Gasteiger partial charge >= 0.3 is 5.97 Å². The maximum atomic E-state index is 11.9. The van der Waals surface area contributed by atoms with Gasteiger partial charge in [0.05, 0.1) is 12.3 Å². The molecule has 4 heteroatoms. The predicted octanol–water partition coefficient (Wildman–Crippen LogP) is 1.81. The van der Waals surface area contributed by atoms with Gasteiger partial charge in [-0.1, -0.05) is 44.2 Å². The van der Waals surface area contributed by atoms with E-state index in [0.29, 0.717) is 0 Å². The van der Waals surface area contributed by atoms with Gasteiger partial charge < -0.3 is 9.84 Å². The average molecular weight is 261 g/mol. The van der Waals surface area contributed by atoms with E-state index in [9.17, 15) is 9.90 Å². The van der Waals surface area contributed by atoms with Gasteiger partial charge in [0.2, 0.25) is 0 Å². The van der Waals surface area contributed by atoms with Crippen LogP contribution in [0.2, 0.25) is 0 Å². The molecule has 1 N–H and O–H groups in total. The van der Waals surface area contributed by atoms with E-state index in [4.69, 9.17) is 4.74 Å². The number of ether oxygens (including phenoxy) is 1. The zero-order valence-corrected chi connectivity index (χ0v) is 11.5. The molecule has 0 aromatic heterocycles. The molecule has 1 aliphatic rings. The number of rotatable bonds is 3. The maximum absolute atomic E-state index is 11.9. The Balaban J connectivity index is 2.51. The highest BCUT2D eigenvalue weighted by molar-refractivity contribution is 6.08. The second-order valence-corrected chi connectivity index (χ2v) is 5.36. The van der Waals surface area contributed by atoms with Crippen LogP contribution in [0.3, 0.4) is 0 Å². The molecule has 1 aromatic rings. The van der Waals surface area contributed by atoms with Crippen LogP contribution in [0.1, 0.15) is 26.3 Å². The molecule has 1 aliphatic heterocycles. The van der Waals surface area contributed by atoms with Crippen molar-refractivity contribution in [1.82, 2.24) is 0 Å². The van der Waals surface area contributed by atoms with Gasteiger partial charge in [-0.25, -0.2) is 4.79 Å². The predicted molar refractivity (Wildman–Crippen MR) is 73.2 cm³/mol. The fraction of sp³-hybridized carbons (Fsp3) is 0.467. The summed E-state index contributed by atoms with van der Waals surface area (Å²) in [6, 6.07) is 9.63. The van der Waals surface area contributed by atoms with Crippen molar-refractivity contribution in [2.75, 3.05) is 6.61 Å². The molecule has 2 rings (SSSR count). The van der Waals surface area contributed by atoms with Crippen LogP contribution >= 0.6 is 0 Å². The standard InChI is InChI=1S/C15H19NO3/c1-10(2)13-12(11-7-5-4-6-8-11)16-15(3,9-17)14(18)19-13/h4-8,10,13,17H,9H2,1-3H3/t13-,15+/m1/s1. The van der Waals surface area contributed by atoms with Crippen LogP contribution < -0.4 is 0 Å². The van der Waals surface area contributed by atoms with Crippen molar-refractivity contribution >= 4 is 11.7 Å². The minimum absolute atomic E-state index is 0.131. The molecule has 0 aliphatic carbocycles. The zero-order chi connectivity index (χ0) is 14.0. The first kappa shape index (κ1) is 13.7. The van der Waals surface area contributed by atoms with Gasteiger partial charge in [0, 0.05) is 0 Å². The third-order valence-electron chi connectivity index (χ3n) is 3.29. The SMILES string of the molecule is CC(C)[C@H]1OC(=O)[C@](C)(CO)N=C1c1ccccc1. The van der Waals surface area contributed by atoms with Gasteiger partial charge in [-0.15, -0.1) is 0 Å². The van der Waals surface area contributed by atoms with Gasteiger partial charge in [0.25, 0.3) is 0 Å². The van der Waals surface area contributed by atoms with E-state index in [0.717, 1.165) is 11.3 Å². The van der Waals surface area contributed by atoms with Crippen LogP contribution in [-0.2, 0) is 9.53 Å². The molecule has 1 heterocycles. The van der Waals surface area contributed by atoms with Crippen molar-refractivity contribution < 1.29 is 14.6 Å². The molecule has 4 nitrogen and oxygen atoms in total. The molecule has 19 heavy (non-hydrogen) atoms. The Morgan fingerprint density at radius 1 is 1.37 bits per heavy atom. The number of aliphatic hydroxyl groups is 1. The summed E-state index contributed by atoms with van der Waals surface area (Å²) in [5, 5.41) is 9.40. The summed E-state index contributed by atoms with van der Waals surface area (Å²) in [5.41, 5.74) is 0.455. The summed E-state index contributed by atoms with van der Waals surface area (Å²) < 4.78 is 5.49. The number of nitrogens with zero attached hydrogens (tertiary/aromatic N) is 1. The van der Waals surface area contributed by atoms with E-state index in [1.54, 1.807) is 6.92 Å². The Bertz CT molecular complexity index is 495. The van der Waals surface area contributed by atoms with E-state index in [-0.39, 0.29) is 18.6 Å². The van der Waals surface area contributed by atoms with Gasteiger partial charge in [0.1, 0.15) is 6.10 Å². The van der Waals surface area contributed by atoms with Crippen molar-refractivity contribution in [3.05, 3.63) is 35.9 Å². The molecule has 0 bridgehead atoms. The van der Waals surface area contributed by atoms with Crippen LogP contribution in [0.25, 0.3) is 0 Å². The lowest BCUT2D eigenvalue weighted by molar-refractivity contribution is -0.156. The van der Waals surface area contributed by atoms with E-state index in [2.05, 4.69) is 4.99 Å². The van der Waals surface area contributed by atoms with Gasteiger partial charge in [0.15, 0.2) is 5.54 Å². The lowest BCUT2D eigenvalue weighted by Crippen LogP contribution is -2.50. The monoisotopic (exact) mass is 261 g/mol. The second kappa shape index (κ2) is 5.13. The van der Waals surface area contributed by atoms with Crippen molar-refractivity contribution in [1.29, 1.82) is 0 Å². The summed E-state index contributed by atoms with van der Waals surface area (Å²) in [6.07, 6.45) is -0.366. The lowest BCUT2D eigenvalue weighted by Gasteiger charge is -2.34. The van der Waals surface area contributed by atoms with Gasteiger partial charge in [-0.05, 0) is 18.4 Å². The first-order valence-electron chi connectivity index (χ1n) is 6.45. The summed E-state index contributed by atoms with van der Waals surface area (Å²) in [7, 11) is 0. The minimum Gasteiger partial charge on any atom is -0.454 e. The molecule has 0 amide bonds. The van der Waals surface area contributed by atoms with Crippen molar-refractivity contribution in [2.45, 2.75) is 32.4 Å². The number of hydrogen-bond donors (Lipinski definition) is 1. The number of aliphatic hydroxyl groups excluding tert-OH is 1. The summed E-state index contributed by atoms with van der Waals surface area (Å²) in [4.78, 5) is 16.4. The molecular weight excluding hydrogens is 242 g/mol. The molecule has 0 fully saturated rings. The Hall–Kier alpha value is -1.68. The Labute approximate surface area is 113 Å². The summed E-state index contributed by atoms with van der Waals surface area (Å²) in [5.74, 6) is -0.334. The number of aliphatic imine (C=N–C) groups is 1.